The predicted molar refractivity (Wildman–Crippen MR) is 91.6 cm³/mol. The van der Waals surface area contributed by atoms with Crippen molar-refractivity contribution in [1.29, 1.82) is 0 Å². The van der Waals surface area contributed by atoms with Crippen molar-refractivity contribution in [3.8, 4) is 11.4 Å². The van der Waals surface area contributed by atoms with E-state index in [-0.39, 0.29) is 5.91 Å². The van der Waals surface area contributed by atoms with E-state index in [1.807, 2.05) is 61.4 Å². The lowest BCUT2D eigenvalue weighted by molar-refractivity contribution is 0.0804. The molecule has 0 aliphatic rings. The van der Waals surface area contributed by atoms with Gasteiger partial charge in [0.25, 0.3) is 5.91 Å². The Morgan fingerprint density at radius 2 is 2.13 bits per heavy atom. The second kappa shape index (κ2) is 5.91. The molecule has 3 heterocycles. The van der Waals surface area contributed by atoms with E-state index in [1.165, 1.54) is 0 Å². The van der Waals surface area contributed by atoms with E-state index >= 15 is 0 Å². The van der Waals surface area contributed by atoms with Crippen LogP contribution in [0.25, 0.3) is 16.9 Å². The van der Waals surface area contributed by atoms with E-state index in [1.54, 1.807) is 4.90 Å². The van der Waals surface area contributed by atoms with Crippen LogP contribution >= 0.6 is 0 Å². The zero-order valence-corrected chi connectivity index (χ0v) is 14.0. The van der Waals surface area contributed by atoms with E-state index in [2.05, 4.69) is 23.4 Å². The maximum atomic E-state index is 12.6. The number of nitrogens with zero attached hydrogens (tertiary/aromatic N) is 4. The van der Waals surface area contributed by atoms with E-state index < -0.39 is 0 Å². The van der Waals surface area contributed by atoms with E-state index in [0.29, 0.717) is 18.2 Å². The summed E-state index contributed by atoms with van der Waals surface area (Å²) in [6.45, 7) is 6.89. The van der Waals surface area contributed by atoms with Gasteiger partial charge in [0, 0.05) is 32.0 Å². The normalized spacial score (nSPS) is 11.3. The minimum atomic E-state index is 0.0331. The van der Waals surface area contributed by atoms with E-state index in [4.69, 9.17) is 0 Å². The molecule has 0 saturated heterocycles. The van der Waals surface area contributed by atoms with Crippen molar-refractivity contribution in [3.63, 3.8) is 0 Å². The van der Waals surface area contributed by atoms with Gasteiger partial charge in [-0.05, 0) is 39.0 Å². The van der Waals surface area contributed by atoms with Crippen molar-refractivity contribution in [3.05, 3.63) is 48.5 Å². The molecule has 0 bridgehead atoms. The molecule has 0 unspecified atom stereocenters. The molecule has 0 fully saturated rings. The number of rotatable bonds is 4. The third-order valence-corrected chi connectivity index (χ3v) is 4.19. The van der Waals surface area contributed by atoms with Crippen LogP contribution in [-0.2, 0) is 0 Å². The van der Waals surface area contributed by atoms with E-state index in [9.17, 15) is 4.79 Å². The van der Waals surface area contributed by atoms with Crippen LogP contribution < -0.4 is 0 Å². The van der Waals surface area contributed by atoms with Crippen molar-refractivity contribution in [1.82, 2.24) is 18.9 Å². The number of imidazole rings is 1. The molecule has 0 saturated carbocycles. The quantitative estimate of drug-likeness (QED) is 0.740. The highest BCUT2D eigenvalue weighted by atomic mass is 16.2. The lowest BCUT2D eigenvalue weighted by Gasteiger charge is -2.13. The number of amides is 1. The van der Waals surface area contributed by atoms with Gasteiger partial charge in [-0.1, -0.05) is 6.07 Å². The topological polar surface area (TPSA) is 42.5 Å². The molecule has 0 aromatic carbocycles. The lowest BCUT2D eigenvalue weighted by Crippen LogP contribution is -2.25. The molecular formula is C18H22N4O. The molecule has 3 aromatic heterocycles. The van der Waals surface area contributed by atoms with Crippen molar-refractivity contribution in [2.75, 3.05) is 13.6 Å². The first-order chi connectivity index (χ1) is 11.0. The van der Waals surface area contributed by atoms with Crippen molar-refractivity contribution in [2.45, 2.75) is 26.8 Å². The van der Waals surface area contributed by atoms with Gasteiger partial charge >= 0.3 is 0 Å². The highest BCUT2D eigenvalue weighted by Gasteiger charge is 2.19. The fourth-order valence-corrected chi connectivity index (χ4v) is 2.62. The highest BCUT2D eigenvalue weighted by Crippen LogP contribution is 2.26. The van der Waals surface area contributed by atoms with Gasteiger partial charge in [0.05, 0.1) is 23.1 Å². The molecule has 0 aliphatic carbocycles. The zero-order chi connectivity index (χ0) is 16.6. The molecule has 0 atom stereocenters. The van der Waals surface area contributed by atoms with Crippen molar-refractivity contribution in [2.24, 2.45) is 0 Å². The smallest absolute Gasteiger partial charge is 0.255 e. The number of hydrogen-bond donors (Lipinski definition) is 0. The van der Waals surface area contributed by atoms with Gasteiger partial charge in [0.1, 0.15) is 5.69 Å². The van der Waals surface area contributed by atoms with Crippen molar-refractivity contribution >= 4 is 11.4 Å². The molecule has 120 valence electrons. The summed E-state index contributed by atoms with van der Waals surface area (Å²) in [5.74, 6) is 0.0331. The van der Waals surface area contributed by atoms with Crippen LogP contribution in [0.1, 0.15) is 37.2 Å². The predicted octanol–water partition coefficient (Wildman–Crippen LogP) is 3.48. The van der Waals surface area contributed by atoms with Gasteiger partial charge in [-0.15, -0.1) is 0 Å². The summed E-state index contributed by atoms with van der Waals surface area (Å²) in [4.78, 5) is 18.9. The van der Waals surface area contributed by atoms with Crippen molar-refractivity contribution < 1.29 is 4.79 Å². The molecule has 5 nitrogen and oxygen atoms in total. The molecule has 3 rings (SSSR count). The Labute approximate surface area is 136 Å². The fraction of sp³-hybridized carbons (Fsp3) is 0.333. The maximum Gasteiger partial charge on any atom is 0.255 e. The monoisotopic (exact) mass is 310 g/mol. The minimum absolute atomic E-state index is 0.0331. The maximum absolute atomic E-state index is 12.6. The van der Waals surface area contributed by atoms with Crippen LogP contribution in [0.3, 0.4) is 0 Å². The Bertz CT molecular complexity index is 844. The highest BCUT2D eigenvalue weighted by molar-refractivity contribution is 6.02. The summed E-state index contributed by atoms with van der Waals surface area (Å²) >= 11 is 0. The molecule has 23 heavy (non-hydrogen) atoms. The van der Waals surface area contributed by atoms with Crippen LogP contribution in [0.2, 0.25) is 0 Å². The van der Waals surface area contributed by atoms with Gasteiger partial charge in [0.2, 0.25) is 0 Å². The summed E-state index contributed by atoms with van der Waals surface area (Å²) in [5.41, 5.74) is 3.43. The number of hydrogen-bond acceptors (Lipinski definition) is 2. The summed E-state index contributed by atoms with van der Waals surface area (Å²) in [6, 6.07) is 8.19. The zero-order valence-electron chi connectivity index (χ0n) is 14.0. The van der Waals surface area contributed by atoms with Gasteiger partial charge < -0.3 is 13.9 Å². The van der Waals surface area contributed by atoms with Crippen LogP contribution in [-0.4, -0.2) is 38.4 Å². The first-order valence-corrected chi connectivity index (χ1v) is 7.92. The number of fused-ring (bicyclic) bond motifs is 1. The average Bonchev–Trinajstić information content (AvgIpc) is 3.18. The molecule has 0 aliphatic heterocycles. The van der Waals surface area contributed by atoms with Gasteiger partial charge in [-0.25, -0.2) is 4.98 Å². The first-order valence-electron chi connectivity index (χ1n) is 7.92. The second-order valence-electron chi connectivity index (χ2n) is 6.02. The van der Waals surface area contributed by atoms with E-state index in [0.717, 1.165) is 16.9 Å². The Morgan fingerprint density at radius 1 is 1.35 bits per heavy atom. The molecule has 0 radical (unpaired) electrons. The van der Waals surface area contributed by atoms with Gasteiger partial charge in [-0.3, -0.25) is 4.79 Å². The fourth-order valence-electron chi connectivity index (χ4n) is 2.62. The average molecular weight is 310 g/mol. The SMILES string of the molecule is CCN(C)C(=O)c1cc(-c2cn(C(C)C)cn2)n2ccccc12. The number of carbonyl (C=O) groups excluding carboxylic acids is 1. The third kappa shape index (κ3) is 2.63. The van der Waals surface area contributed by atoms with Crippen LogP contribution in [0, 0.1) is 0 Å². The van der Waals surface area contributed by atoms with Crippen LogP contribution in [0.4, 0.5) is 0 Å². The van der Waals surface area contributed by atoms with Crippen LogP contribution in [0.5, 0.6) is 0 Å². The number of aromatic nitrogens is 3. The molecular weight excluding hydrogens is 288 g/mol. The molecule has 0 N–H and O–H groups in total. The minimum Gasteiger partial charge on any atom is -0.342 e. The Hall–Kier alpha value is -2.56. The summed E-state index contributed by atoms with van der Waals surface area (Å²) in [7, 11) is 1.82. The Kier molecular flexibility index (Phi) is 3.94. The largest absolute Gasteiger partial charge is 0.342 e. The Balaban J connectivity index is 2.16. The number of pyridine rings is 1. The summed E-state index contributed by atoms with van der Waals surface area (Å²) in [5, 5.41) is 0. The standard InChI is InChI=1S/C18H22N4O/c1-5-20(4)18(23)14-10-17(22-9-7-6-8-16(14)22)15-11-21(12-19-15)13(2)3/h6-13H,5H2,1-4H3. The van der Waals surface area contributed by atoms with Crippen LogP contribution in [0.15, 0.2) is 43.0 Å². The third-order valence-electron chi connectivity index (χ3n) is 4.19. The summed E-state index contributed by atoms with van der Waals surface area (Å²) < 4.78 is 4.10. The molecule has 1 amide bonds. The summed E-state index contributed by atoms with van der Waals surface area (Å²) in [6.07, 6.45) is 5.83. The van der Waals surface area contributed by atoms with Gasteiger partial charge in [-0.2, -0.15) is 0 Å². The molecule has 5 heteroatoms. The second-order valence-corrected chi connectivity index (χ2v) is 6.02. The molecule has 3 aromatic rings. The first kappa shape index (κ1) is 15.3. The molecule has 0 spiro atoms. The Morgan fingerprint density at radius 3 is 2.78 bits per heavy atom. The number of carbonyl (C=O) groups is 1. The van der Waals surface area contributed by atoms with Gasteiger partial charge in [0.15, 0.2) is 0 Å². The lowest BCUT2D eigenvalue weighted by atomic mass is 10.2.